The standard InChI is InChI=1S/C14H20ClN3O3/c1-9-10(15)4-2-5-11(9)18-13(19)8-12(14(20)21)17-7-3-6-16/h2,4-5,12,17H,3,6-8,16H2,1H3,(H,18,19)(H,20,21)/t12-/m0/s1. The number of nitrogens with one attached hydrogen (secondary N) is 2. The Morgan fingerprint density at radius 1 is 1.43 bits per heavy atom. The van der Waals surface area contributed by atoms with Gasteiger partial charge in [0.15, 0.2) is 0 Å². The van der Waals surface area contributed by atoms with Crippen molar-refractivity contribution >= 4 is 29.2 Å². The Morgan fingerprint density at radius 3 is 2.76 bits per heavy atom. The molecule has 6 nitrogen and oxygen atoms in total. The summed E-state index contributed by atoms with van der Waals surface area (Å²) in [6.07, 6.45) is 0.491. The number of hydrogen-bond donors (Lipinski definition) is 4. The van der Waals surface area contributed by atoms with E-state index < -0.39 is 12.0 Å². The highest BCUT2D eigenvalue weighted by atomic mass is 35.5. The summed E-state index contributed by atoms with van der Waals surface area (Å²) in [4.78, 5) is 23.0. The summed E-state index contributed by atoms with van der Waals surface area (Å²) in [5.41, 5.74) is 6.67. The first-order valence-corrected chi connectivity index (χ1v) is 7.04. The van der Waals surface area contributed by atoms with Crippen molar-refractivity contribution in [3.63, 3.8) is 0 Å². The Kier molecular flexibility index (Phi) is 7.14. The number of nitrogens with two attached hydrogens (primary N) is 1. The minimum Gasteiger partial charge on any atom is -0.480 e. The first-order chi connectivity index (χ1) is 9.95. The molecule has 0 saturated carbocycles. The predicted octanol–water partition coefficient (Wildman–Crippen LogP) is 1.37. The van der Waals surface area contributed by atoms with Gasteiger partial charge < -0.3 is 21.5 Å². The van der Waals surface area contributed by atoms with E-state index in [0.717, 1.165) is 5.56 Å². The third-order valence-corrected chi connectivity index (χ3v) is 3.41. The van der Waals surface area contributed by atoms with Gasteiger partial charge in [-0.1, -0.05) is 17.7 Å². The number of carboxylic acid groups (broad SMARTS) is 1. The average molecular weight is 314 g/mol. The summed E-state index contributed by atoms with van der Waals surface area (Å²) >= 11 is 5.97. The highest BCUT2D eigenvalue weighted by Gasteiger charge is 2.20. The van der Waals surface area contributed by atoms with E-state index in [9.17, 15) is 9.59 Å². The number of carboxylic acids is 1. The number of anilines is 1. The van der Waals surface area contributed by atoms with Gasteiger partial charge in [-0.2, -0.15) is 0 Å². The zero-order chi connectivity index (χ0) is 15.8. The van der Waals surface area contributed by atoms with Gasteiger partial charge in [0.25, 0.3) is 0 Å². The third-order valence-electron chi connectivity index (χ3n) is 3.00. The topological polar surface area (TPSA) is 104 Å². The number of rotatable bonds is 8. The second-order valence-corrected chi connectivity index (χ2v) is 5.06. The first kappa shape index (κ1) is 17.4. The van der Waals surface area contributed by atoms with Crippen LogP contribution >= 0.6 is 11.6 Å². The summed E-state index contributed by atoms with van der Waals surface area (Å²) in [5.74, 6) is -1.45. The third kappa shape index (κ3) is 5.71. The fourth-order valence-electron chi connectivity index (χ4n) is 1.75. The summed E-state index contributed by atoms with van der Waals surface area (Å²) in [6.45, 7) is 2.70. The lowest BCUT2D eigenvalue weighted by atomic mass is 10.1. The van der Waals surface area contributed by atoms with Gasteiger partial charge in [0.05, 0.1) is 6.42 Å². The molecule has 0 bridgehead atoms. The van der Waals surface area contributed by atoms with E-state index in [0.29, 0.717) is 30.2 Å². The van der Waals surface area contributed by atoms with Crippen LogP contribution in [-0.2, 0) is 9.59 Å². The number of benzene rings is 1. The molecule has 0 unspecified atom stereocenters. The fraction of sp³-hybridized carbons (Fsp3) is 0.429. The Balaban J connectivity index is 2.61. The van der Waals surface area contributed by atoms with Crippen molar-refractivity contribution in [2.75, 3.05) is 18.4 Å². The van der Waals surface area contributed by atoms with Crippen LogP contribution in [0.2, 0.25) is 5.02 Å². The Morgan fingerprint density at radius 2 is 2.14 bits per heavy atom. The van der Waals surface area contributed by atoms with Crippen LogP contribution in [0, 0.1) is 6.92 Å². The van der Waals surface area contributed by atoms with Crippen LogP contribution in [0.25, 0.3) is 0 Å². The lowest BCUT2D eigenvalue weighted by Crippen LogP contribution is -2.40. The number of amides is 1. The van der Waals surface area contributed by atoms with Crippen molar-refractivity contribution in [2.45, 2.75) is 25.8 Å². The Bertz CT molecular complexity index is 508. The molecule has 0 aliphatic heterocycles. The molecule has 1 rings (SSSR count). The summed E-state index contributed by atoms with van der Waals surface area (Å²) in [7, 11) is 0. The van der Waals surface area contributed by atoms with Crippen LogP contribution in [0.1, 0.15) is 18.4 Å². The molecular formula is C14H20ClN3O3. The van der Waals surface area contributed by atoms with Crippen LogP contribution in [0.3, 0.4) is 0 Å². The van der Waals surface area contributed by atoms with Gasteiger partial charge in [0.2, 0.25) is 5.91 Å². The molecule has 5 N–H and O–H groups in total. The molecule has 1 aromatic carbocycles. The SMILES string of the molecule is Cc1c(Cl)cccc1NC(=O)C[C@H](NCCCN)C(=O)O. The number of carbonyl (C=O) groups is 2. The summed E-state index contributed by atoms with van der Waals surface area (Å²) in [5, 5.41) is 15.1. The van der Waals surface area contributed by atoms with Crippen LogP contribution in [0.4, 0.5) is 5.69 Å². The van der Waals surface area contributed by atoms with E-state index >= 15 is 0 Å². The van der Waals surface area contributed by atoms with Crippen molar-refractivity contribution in [3.05, 3.63) is 28.8 Å². The van der Waals surface area contributed by atoms with Crippen LogP contribution in [-0.4, -0.2) is 36.1 Å². The van der Waals surface area contributed by atoms with Crippen LogP contribution in [0.5, 0.6) is 0 Å². The maximum absolute atomic E-state index is 11.9. The molecule has 1 aromatic rings. The molecule has 21 heavy (non-hydrogen) atoms. The van der Waals surface area contributed by atoms with Crippen LogP contribution < -0.4 is 16.4 Å². The molecule has 0 aliphatic rings. The van der Waals surface area contributed by atoms with E-state index in [2.05, 4.69) is 10.6 Å². The summed E-state index contributed by atoms with van der Waals surface area (Å²) in [6, 6.07) is 4.23. The highest BCUT2D eigenvalue weighted by Crippen LogP contribution is 2.23. The van der Waals surface area contributed by atoms with Crippen molar-refractivity contribution in [2.24, 2.45) is 5.73 Å². The van der Waals surface area contributed by atoms with Gasteiger partial charge in [-0.3, -0.25) is 9.59 Å². The smallest absolute Gasteiger partial charge is 0.321 e. The molecule has 7 heteroatoms. The van der Waals surface area contributed by atoms with E-state index in [1.807, 2.05) is 0 Å². The predicted molar refractivity (Wildman–Crippen MR) is 82.5 cm³/mol. The van der Waals surface area contributed by atoms with E-state index in [4.69, 9.17) is 22.4 Å². The zero-order valence-electron chi connectivity index (χ0n) is 11.9. The van der Waals surface area contributed by atoms with Crippen molar-refractivity contribution in [1.82, 2.24) is 5.32 Å². The quantitative estimate of drug-likeness (QED) is 0.543. The molecule has 0 aliphatic carbocycles. The number of carbonyl (C=O) groups excluding carboxylic acids is 1. The maximum atomic E-state index is 11.9. The molecule has 0 aromatic heterocycles. The molecule has 116 valence electrons. The van der Waals surface area contributed by atoms with Gasteiger partial charge in [-0.15, -0.1) is 0 Å². The van der Waals surface area contributed by atoms with Crippen molar-refractivity contribution in [1.29, 1.82) is 0 Å². The summed E-state index contributed by atoms with van der Waals surface area (Å²) < 4.78 is 0. The molecule has 0 spiro atoms. The zero-order valence-corrected chi connectivity index (χ0v) is 12.6. The lowest BCUT2D eigenvalue weighted by Gasteiger charge is -2.15. The van der Waals surface area contributed by atoms with Gasteiger partial charge >= 0.3 is 5.97 Å². The average Bonchev–Trinajstić information content (AvgIpc) is 2.43. The lowest BCUT2D eigenvalue weighted by molar-refractivity contribution is -0.141. The van der Waals surface area contributed by atoms with Gasteiger partial charge in [-0.25, -0.2) is 0 Å². The Hall–Kier alpha value is -1.63. The molecule has 1 atom stereocenters. The molecule has 0 radical (unpaired) electrons. The fourth-order valence-corrected chi connectivity index (χ4v) is 1.93. The monoisotopic (exact) mass is 313 g/mol. The second kappa shape index (κ2) is 8.61. The molecule has 0 heterocycles. The second-order valence-electron chi connectivity index (χ2n) is 4.65. The normalized spacial score (nSPS) is 12.0. The number of halogens is 1. The highest BCUT2D eigenvalue weighted by molar-refractivity contribution is 6.31. The number of aliphatic carboxylic acids is 1. The van der Waals surface area contributed by atoms with E-state index in [1.165, 1.54) is 0 Å². The van der Waals surface area contributed by atoms with Gasteiger partial charge in [0.1, 0.15) is 6.04 Å². The minimum atomic E-state index is -1.06. The number of hydrogen-bond acceptors (Lipinski definition) is 4. The van der Waals surface area contributed by atoms with Crippen molar-refractivity contribution in [3.8, 4) is 0 Å². The largest absolute Gasteiger partial charge is 0.480 e. The molecular weight excluding hydrogens is 294 g/mol. The van der Waals surface area contributed by atoms with E-state index in [1.54, 1.807) is 25.1 Å². The Labute approximate surface area is 128 Å². The molecule has 1 amide bonds. The van der Waals surface area contributed by atoms with Gasteiger partial charge in [-0.05, 0) is 44.1 Å². The van der Waals surface area contributed by atoms with Crippen LogP contribution in [0.15, 0.2) is 18.2 Å². The first-order valence-electron chi connectivity index (χ1n) is 6.67. The van der Waals surface area contributed by atoms with Gasteiger partial charge in [0, 0.05) is 10.7 Å². The minimum absolute atomic E-state index is 0.161. The molecule has 0 fully saturated rings. The van der Waals surface area contributed by atoms with E-state index in [-0.39, 0.29) is 12.3 Å². The maximum Gasteiger partial charge on any atom is 0.321 e. The molecule has 0 saturated heterocycles. The van der Waals surface area contributed by atoms with Crippen molar-refractivity contribution < 1.29 is 14.7 Å².